The summed E-state index contributed by atoms with van der Waals surface area (Å²) >= 11 is 4.44. The van der Waals surface area contributed by atoms with Crippen molar-refractivity contribution in [3.05, 3.63) is 0 Å². The maximum absolute atomic E-state index is 2.55. The molecule has 6 heteroatoms. The summed E-state index contributed by atoms with van der Waals surface area (Å²) in [4.78, 5) is 0. The van der Waals surface area contributed by atoms with Crippen LogP contribution in [-0.2, 0) is 0 Å². The van der Waals surface area contributed by atoms with Gasteiger partial charge in [0.25, 0.3) is 0 Å². The third kappa shape index (κ3) is 3.18. The highest BCUT2D eigenvalue weighted by Gasteiger charge is 2.46. The Morgan fingerprint density at radius 2 is 0.500 bits per heavy atom. The molecular weight excluding hydrogens is 417 g/mol. The van der Waals surface area contributed by atoms with Gasteiger partial charge in [-0.15, -0.1) is 0 Å². The normalized spacial score (nSPS) is 14.9. The molecule has 0 aromatic carbocycles. The van der Waals surface area contributed by atoms with Gasteiger partial charge in [0.1, 0.15) is 0 Å². The van der Waals surface area contributed by atoms with Crippen LogP contribution in [0.4, 0.5) is 0 Å². The fourth-order valence-corrected chi connectivity index (χ4v) is 16.2. The zero-order valence-corrected chi connectivity index (χ0v) is 24.4. The summed E-state index contributed by atoms with van der Waals surface area (Å²) in [5.41, 5.74) is 6.94. The Labute approximate surface area is 173 Å². The van der Waals surface area contributed by atoms with Crippen molar-refractivity contribution in [2.45, 2.75) is 78.6 Å². The zero-order chi connectivity index (χ0) is 20.0. The molecule has 0 bridgehead atoms. The van der Waals surface area contributed by atoms with Gasteiger partial charge in [-0.3, -0.25) is 0 Å². The van der Waals surface area contributed by atoms with E-state index >= 15 is 0 Å². The molecule has 0 nitrogen and oxygen atoms in total. The molecule has 0 atom stereocenters. The maximum atomic E-state index is 2.55. The minimum Gasteiger partial charge on any atom is -0.153 e. The van der Waals surface area contributed by atoms with Gasteiger partial charge in [-0.1, -0.05) is 78.6 Å². The van der Waals surface area contributed by atoms with Gasteiger partial charge in [0.2, 0.25) is 0 Å². The van der Waals surface area contributed by atoms with E-state index in [0.29, 0.717) is 0 Å². The smallest absolute Gasteiger partial charge is 0.0912 e. The first kappa shape index (κ1) is 21.0. The molecule has 1 aliphatic rings. The largest absolute Gasteiger partial charge is 0.153 e. The Morgan fingerprint density at radius 3 is 0.615 bits per heavy atom. The topological polar surface area (TPSA) is 0 Å². The van der Waals surface area contributed by atoms with E-state index in [1.54, 1.807) is 40.3 Å². The Bertz CT molecular complexity index is 718. The lowest BCUT2D eigenvalue weighted by Crippen LogP contribution is -2.42. The number of thiophene rings is 2. The molecule has 0 N–H and O–H groups in total. The standard InChI is InChI=1S/C20H36S2Si4/c1-23(2,3)17-13-14(18(21-17)24(4,5)6)16-15(13)19(25(7,8)9)22-20(16)26(10,11)12/h1-12H3. The number of fused-ring (bicyclic) bond motifs is 4. The van der Waals surface area contributed by atoms with Crippen LogP contribution in [0.25, 0.3) is 22.3 Å². The van der Waals surface area contributed by atoms with Crippen molar-refractivity contribution in [2.75, 3.05) is 0 Å². The van der Waals surface area contributed by atoms with E-state index in [1.165, 1.54) is 0 Å². The predicted molar refractivity (Wildman–Crippen MR) is 139 cm³/mol. The first-order valence-electron chi connectivity index (χ1n) is 9.82. The van der Waals surface area contributed by atoms with Crippen LogP contribution in [0, 0.1) is 0 Å². The third-order valence-corrected chi connectivity index (χ3v) is 21.7. The number of rotatable bonds is 4. The minimum absolute atomic E-state index is 1.33. The van der Waals surface area contributed by atoms with Crippen molar-refractivity contribution in [1.29, 1.82) is 0 Å². The van der Waals surface area contributed by atoms with E-state index in [2.05, 4.69) is 101 Å². The van der Waals surface area contributed by atoms with Crippen molar-refractivity contribution in [3.63, 3.8) is 0 Å². The molecule has 0 amide bonds. The average Bonchev–Trinajstić information content (AvgIpc) is 2.84. The second-order valence-corrected chi connectivity index (χ2v) is 35.5. The van der Waals surface area contributed by atoms with Crippen molar-refractivity contribution < 1.29 is 0 Å². The van der Waals surface area contributed by atoms with E-state index in [9.17, 15) is 0 Å². The highest BCUT2D eigenvalue weighted by atomic mass is 32.1. The Kier molecular flexibility index (Phi) is 4.75. The van der Waals surface area contributed by atoms with E-state index in [0.717, 1.165) is 0 Å². The van der Waals surface area contributed by atoms with Crippen LogP contribution in [0.5, 0.6) is 0 Å². The van der Waals surface area contributed by atoms with Crippen molar-refractivity contribution in [1.82, 2.24) is 0 Å². The van der Waals surface area contributed by atoms with Crippen LogP contribution < -0.4 is 18.0 Å². The predicted octanol–water partition coefficient (Wildman–Crippen LogP) is 5.64. The van der Waals surface area contributed by atoms with Gasteiger partial charge in [0.05, 0.1) is 32.3 Å². The lowest BCUT2D eigenvalue weighted by molar-refractivity contribution is 1.66. The van der Waals surface area contributed by atoms with Crippen LogP contribution in [-0.4, -0.2) is 32.3 Å². The number of hydrogen-bond acceptors (Lipinski definition) is 2. The second kappa shape index (κ2) is 5.89. The summed E-state index contributed by atoms with van der Waals surface area (Å²) in [6.45, 7) is 30.6. The highest BCUT2D eigenvalue weighted by molar-refractivity contribution is 7.39. The quantitative estimate of drug-likeness (QED) is 0.449. The molecule has 0 radical (unpaired) electrons. The molecule has 0 saturated carbocycles. The van der Waals surface area contributed by atoms with Crippen LogP contribution in [0.1, 0.15) is 0 Å². The SMILES string of the molecule is C[Si](C)(C)c1sc([Si](C)(C)C)c2c1-c1c([Si](C)(C)C)sc([Si](C)(C)C)c1-2. The molecule has 2 aromatic rings. The summed E-state index contributed by atoms with van der Waals surface area (Å²) in [5.74, 6) is 0. The maximum Gasteiger partial charge on any atom is 0.0912 e. The van der Waals surface area contributed by atoms with Crippen LogP contribution in [0.3, 0.4) is 0 Å². The van der Waals surface area contributed by atoms with Gasteiger partial charge in [-0.2, -0.15) is 22.7 Å². The molecule has 26 heavy (non-hydrogen) atoms. The molecule has 0 fully saturated rings. The van der Waals surface area contributed by atoms with E-state index in [-0.39, 0.29) is 0 Å². The fraction of sp³-hybridized carbons (Fsp3) is 0.600. The van der Waals surface area contributed by atoms with E-state index < -0.39 is 32.3 Å². The van der Waals surface area contributed by atoms with E-state index in [4.69, 9.17) is 0 Å². The Morgan fingerprint density at radius 1 is 0.346 bits per heavy atom. The van der Waals surface area contributed by atoms with Gasteiger partial charge in [-0.25, -0.2) is 0 Å². The van der Waals surface area contributed by atoms with Crippen molar-refractivity contribution >= 4 is 73.0 Å². The summed E-state index contributed by atoms with van der Waals surface area (Å²) < 4.78 is 7.16. The average molecular weight is 453 g/mol. The molecule has 2 aromatic heterocycles. The van der Waals surface area contributed by atoms with Crippen LogP contribution in [0.2, 0.25) is 78.6 Å². The molecule has 1 aliphatic carbocycles. The van der Waals surface area contributed by atoms with Crippen molar-refractivity contribution in [2.24, 2.45) is 0 Å². The van der Waals surface area contributed by atoms with Crippen molar-refractivity contribution in [3.8, 4) is 22.3 Å². The van der Waals surface area contributed by atoms with Crippen LogP contribution >= 0.6 is 22.7 Å². The zero-order valence-electron chi connectivity index (χ0n) is 18.8. The summed E-state index contributed by atoms with van der Waals surface area (Å²) in [6, 6.07) is 0. The highest BCUT2D eigenvalue weighted by Crippen LogP contribution is 2.50. The minimum atomic E-state index is -1.33. The summed E-state index contributed by atoms with van der Waals surface area (Å²) in [6.07, 6.45) is 0. The van der Waals surface area contributed by atoms with Gasteiger partial charge < -0.3 is 0 Å². The molecular formula is C20H36S2Si4. The van der Waals surface area contributed by atoms with Gasteiger partial charge in [0, 0.05) is 22.3 Å². The second-order valence-electron chi connectivity index (χ2n) is 12.0. The Hall–Kier alpha value is 0.268. The lowest BCUT2D eigenvalue weighted by atomic mass is 9.88. The summed E-state index contributed by atoms with van der Waals surface area (Å²) in [7, 11) is -5.32. The van der Waals surface area contributed by atoms with Gasteiger partial charge in [0.15, 0.2) is 0 Å². The number of hydrogen-bond donors (Lipinski definition) is 0. The van der Waals surface area contributed by atoms with Crippen LogP contribution in [0.15, 0.2) is 0 Å². The molecule has 144 valence electrons. The monoisotopic (exact) mass is 452 g/mol. The van der Waals surface area contributed by atoms with Gasteiger partial charge in [-0.05, 0) is 18.0 Å². The molecule has 0 saturated heterocycles. The molecule has 0 unspecified atom stereocenters. The Balaban J connectivity index is 2.41. The molecule has 0 spiro atoms. The summed E-state index contributed by atoms with van der Waals surface area (Å²) in [5, 5.41) is 0. The van der Waals surface area contributed by atoms with E-state index in [1.807, 2.05) is 0 Å². The molecule has 3 rings (SSSR count). The molecule has 0 aliphatic heterocycles. The fourth-order valence-electron chi connectivity index (χ4n) is 3.87. The lowest BCUT2D eigenvalue weighted by Gasteiger charge is -2.30. The first-order valence-corrected chi connectivity index (χ1v) is 25.4. The van der Waals surface area contributed by atoms with Gasteiger partial charge >= 0.3 is 0 Å². The first-order chi connectivity index (χ1) is 11.5. The third-order valence-electron chi connectivity index (χ3n) is 5.04. The molecule has 2 heterocycles.